The molecule has 7 heteroatoms. The first-order chi connectivity index (χ1) is 16.8. The summed E-state index contributed by atoms with van der Waals surface area (Å²) in [6, 6.07) is 15.5. The molecule has 2 amide bonds. The number of carbonyl (C=O) groups excluding carboxylic acids is 3. The zero-order valence-electron chi connectivity index (χ0n) is 20.3. The van der Waals surface area contributed by atoms with Crippen molar-refractivity contribution in [3.8, 4) is 0 Å². The molecule has 0 aromatic heterocycles. The molecule has 2 aromatic carbocycles. The van der Waals surface area contributed by atoms with E-state index < -0.39 is 23.7 Å². The first-order valence-electron chi connectivity index (χ1n) is 12.2. The van der Waals surface area contributed by atoms with Crippen LogP contribution >= 0.6 is 0 Å². The van der Waals surface area contributed by atoms with Crippen LogP contribution in [-0.4, -0.2) is 48.9 Å². The van der Waals surface area contributed by atoms with E-state index in [4.69, 9.17) is 0 Å². The molecule has 2 atom stereocenters. The van der Waals surface area contributed by atoms with Crippen molar-refractivity contribution in [2.24, 2.45) is 11.8 Å². The number of carboxylic acids is 1. The molecule has 0 unspecified atom stereocenters. The molecule has 0 saturated carbocycles. The Labute approximate surface area is 206 Å². The van der Waals surface area contributed by atoms with Gasteiger partial charge in [-0.2, -0.15) is 0 Å². The second-order valence-electron chi connectivity index (χ2n) is 9.54. The Hall–Kier alpha value is -3.61. The molecule has 1 N–H and O–H groups in total. The number of allylic oxidation sites excluding steroid dienone is 2. The van der Waals surface area contributed by atoms with Gasteiger partial charge in [0, 0.05) is 43.8 Å². The number of piperazine rings is 1. The van der Waals surface area contributed by atoms with E-state index in [1.54, 1.807) is 35.2 Å². The highest BCUT2D eigenvalue weighted by Crippen LogP contribution is 2.28. The van der Waals surface area contributed by atoms with Crippen molar-refractivity contribution in [3.05, 3.63) is 71.8 Å². The summed E-state index contributed by atoms with van der Waals surface area (Å²) in [6.45, 7) is 6.95. The molecule has 1 aliphatic carbocycles. The van der Waals surface area contributed by atoms with Crippen LogP contribution in [0.5, 0.6) is 0 Å². The maximum absolute atomic E-state index is 13.4. The van der Waals surface area contributed by atoms with Crippen LogP contribution in [0, 0.1) is 11.8 Å². The summed E-state index contributed by atoms with van der Waals surface area (Å²) in [6.07, 6.45) is 4.18. The summed E-state index contributed by atoms with van der Waals surface area (Å²) >= 11 is 0. The fourth-order valence-electron chi connectivity index (χ4n) is 4.78. The Bertz CT molecular complexity index is 1100. The number of carbonyl (C=O) groups is 3. The van der Waals surface area contributed by atoms with Crippen LogP contribution in [0.15, 0.2) is 60.7 Å². The quantitative estimate of drug-likeness (QED) is 0.650. The van der Waals surface area contributed by atoms with Gasteiger partial charge in [-0.15, -0.1) is 0 Å². The Morgan fingerprint density at radius 3 is 2.14 bits per heavy atom. The zero-order valence-corrected chi connectivity index (χ0v) is 20.3. The van der Waals surface area contributed by atoms with Crippen LogP contribution in [0.2, 0.25) is 0 Å². The minimum absolute atomic E-state index is 0.143. The van der Waals surface area contributed by atoms with Crippen LogP contribution in [0.4, 0.5) is 11.4 Å². The molecular formula is C28H32N3O4-. The summed E-state index contributed by atoms with van der Waals surface area (Å²) in [4.78, 5) is 41.9. The predicted molar refractivity (Wildman–Crippen MR) is 134 cm³/mol. The van der Waals surface area contributed by atoms with Gasteiger partial charge < -0.3 is 25.0 Å². The number of hydrogen-bond donors (Lipinski definition) is 1. The maximum atomic E-state index is 13.4. The lowest BCUT2D eigenvalue weighted by atomic mass is 9.82. The van der Waals surface area contributed by atoms with E-state index in [2.05, 4.69) is 48.3 Å². The summed E-state index contributed by atoms with van der Waals surface area (Å²) in [5.74, 6) is -2.88. The monoisotopic (exact) mass is 474 g/mol. The van der Waals surface area contributed by atoms with Crippen LogP contribution in [0.3, 0.4) is 0 Å². The van der Waals surface area contributed by atoms with Crippen molar-refractivity contribution in [1.29, 1.82) is 0 Å². The lowest BCUT2D eigenvalue weighted by Gasteiger charge is -2.36. The molecule has 1 heterocycles. The largest absolute Gasteiger partial charge is 0.550 e. The minimum atomic E-state index is -1.23. The van der Waals surface area contributed by atoms with E-state index in [1.165, 1.54) is 5.56 Å². The zero-order chi connectivity index (χ0) is 24.9. The number of nitrogens with one attached hydrogen (secondary N) is 1. The molecule has 1 saturated heterocycles. The summed E-state index contributed by atoms with van der Waals surface area (Å²) in [5, 5.41) is 14.3. The molecule has 35 heavy (non-hydrogen) atoms. The third kappa shape index (κ3) is 5.56. The predicted octanol–water partition coefficient (Wildman–Crippen LogP) is 3.04. The molecule has 4 rings (SSSR count). The first-order valence-corrected chi connectivity index (χ1v) is 12.2. The second kappa shape index (κ2) is 10.8. The molecule has 2 aromatic rings. The van der Waals surface area contributed by atoms with E-state index in [0.29, 0.717) is 36.7 Å². The molecule has 1 aliphatic heterocycles. The number of nitrogens with zero attached hydrogens (tertiary/aromatic N) is 2. The van der Waals surface area contributed by atoms with Crippen molar-refractivity contribution in [3.63, 3.8) is 0 Å². The van der Waals surface area contributed by atoms with E-state index >= 15 is 0 Å². The van der Waals surface area contributed by atoms with Crippen LogP contribution in [0.1, 0.15) is 48.5 Å². The van der Waals surface area contributed by atoms with Gasteiger partial charge in [0.05, 0.1) is 17.2 Å². The number of aliphatic carboxylic acids is 1. The van der Waals surface area contributed by atoms with E-state index in [-0.39, 0.29) is 12.3 Å². The molecule has 0 bridgehead atoms. The molecule has 7 nitrogen and oxygen atoms in total. The highest BCUT2D eigenvalue weighted by Gasteiger charge is 2.31. The number of anilines is 2. The Morgan fingerprint density at radius 2 is 1.51 bits per heavy atom. The Kier molecular flexibility index (Phi) is 7.54. The fraction of sp³-hybridized carbons (Fsp3) is 0.393. The van der Waals surface area contributed by atoms with Crippen molar-refractivity contribution < 1.29 is 19.5 Å². The van der Waals surface area contributed by atoms with Gasteiger partial charge in [-0.05, 0) is 48.6 Å². The van der Waals surface area contributed by atoms with Gasteiger partial charge in [0.25, 0.3) is 5.91 Å². The minimum Gasteiger partial charge on any atom is -0.550 e. The van der Waals surface area contributed by atoms with Gasteiger partial charge in [0.15, 0.2) is 0 Å². The van der Waals surface area contributed by atoms with Gasteiger partial charge in [-0.3, -0.25) is 9.59 Å². The standard InChI is InChI=1S/C28H33N3O4/c1-19(2)20-11-13-21(14-12-20)30-15-17-31(18-16-30)27(33)24-9-5-6-10-25(24)29-26(32)22-7-3-4-8-23(22)28(34)35/h3-6,9-14,19,22-23H,7-8,15-18H2,1-2H3,(H,29,32)(H,34,35)/p-1/t22-,23+/m0/s1. The molecule has 184 valence electrons. The molecule has 0 radical (unpaired) electrons. The van der Waals surface area contributed by atoms with Gasteiger partial charge >= 0.3 is 0 Å². The van der Waals surface area contributed by atoms with Crippen molar-refractivity contribution in [2.45, 2.75) is 32.6 Å². The van der Waals surface area contributed by atoms with Crippen molar-refractivity contribution >= 4 is 29.2 Å². The second-order valence-corrected chi connectivity index (χ2v) is 9.54. The molecular weight excluding hydrogens is 442 g/mol. The van der Waals surface area contributed by atoms with E-state index in [1.807, 2.05) is 6.08 Å². The van der Waals surface area contributed by atoms with Gasteiger partial charge in [0.2, 0.25) is 5.91 Å². The number of benzene rings is 2. The molecule has 2 aliphatic rings. The van der Waals surface area contributed by atoms with E-state index in [0.717, 1.165) is 18.8 Å². The van der Waals surface area contributed by atoms with Gasteiger partial charge in [-0.25, -0.2) is 0 Å². The van der Waals surface area contributed by atoms with Gasteiger partial charge in [-0.1, -0.05) is 50.3 Å². The number of hydrogen-bond acceptors (Lipinski definition) is 5. The lowest BCUT2D eigenvalue weighted by molar-refractivity contribution is -0.313. The summed E-state index contributed by atoms with van der Waals surface area (Å²) in [7, 11) is 0. The number of carboxylic acid groups (broad SMARTS) is 1. The third-order valence-corrected chi connectivity index (χ3v) is 6.98. The van der Waals surface area contributed by atoms with E-state index in [9.17, 15) is 19.5 Å². The average Bonchev–Trinajstić information content (AvgIpc) is 2.88. The van der Waals surface area contributed by atoms with Crippen molar-refractivity contribution in [2.75, 3.05) is 36.4 Å². The Morgan fingerprint density at radius 1 is 0.886 bits per heavy atom. The van der Waals surface area contributed by atoms with Gasteiger partial charge in [0.1, 0.15) is 0 Å². The number of amides is 2. The smallest absolute Gasteiger partial charge is 0.256 e. The topological polar surface area (TPSA) is 92.8 Å². The maximum Gasteiger partial charge on any atom is 0.256 e. The lowest BCUT2D eigenvalue weighted by Crippen LogP contribution is -2.49. The van der Waals surface area contributed by atoms with Crippen LogP contribution in [-0.2, 0) is 9.59 Å². The summed E-state index contributed by atoms with van der Waals surface area (Å²) in [5.41, 5.74) is 3.27. The highest BCUT2D eigenvalue weighted by molar-refractivity contribution is 6.04. The first kappa shape index (κ1) is 24.5. The average molecular weight is 475 g/mol. The highest BCUT2D eigenvalue weighted by atomic mass is 16.4. The third-order valence-electron chi connectivity index (χ3n) is 6.98. The summed E-state index contributed by atoms with van der Waals surface area (Å²) < 4.78 is 0. The van der Waals surface area contributed by atoms with Crippen LogP contribution < -0.4 is 15.3 Å². The molecule has 1 fully saturated rings. The fourth-order valence-corrected chi connectivity index (χ4v) is 4.78. The number of para-hydroxylation sites is 1. The van der Waals surface area contributed by atoms with Crippen LogP contribution in [0.25, 0.3) is 0 Å². The number of rotatable bonds is 6. The normalized spacial score (nSPS) is 20.1. The Balaban J connectivity index is 1.41. The molecule has 0 spiro atoms. The van der Waals surface area contributed by atoms with Crippen molar-refractivity contribution in [1.82, 2.24) is 4.90 Å². The SMILES string of the molecule is CC(C)c1ccc(N2CCN(C(=O)c3ccccc3NC(=O)[C@H]3CC=CC[C@H]3C(=O)[O-])CC2)cc1.